The van der Waals surface area contributed by atoms with Crippen molar-refractivity contribution in [3.05, 3.63) is 59.8 Å². The van der Waals surface area contributed by atoms with Crippen molar-refractivity contribution in [3.8, 4) is 0 Å². The fourth-order valence-corrected chi connectivity index (χ4v) is 3.42. The first kappa shape index (κ1) is 19.7. The van der Waals surface area contributed by atoms with E-state index < -0.39 is 5.97 Å². The molecule has 1 amide bonds. The molecule has 0 aliphatic rings. The molecular weight excluding hydrogens is 376 g/mol. The number of amides is 1. The zero-order valence-corrected chi connectivity index (χ0v) is 16.4. The van der Waals surface area contributed by atoms with Crippen LogP contribution in [0, 0.1) is 0 Å². The third-order valence-corrected chi connectivity index (χ3v) is 5.00. The second-order valence-electron chi connectivity index (χ2n) is 6.22. The Morgan fingerprint density at radius 1 is 1.14 bits per heavy atom. The van der Waals surface area contributed by atoms with Crippen LogP contribution in [0.15, 0.2) is 53.6 Å². The fraction of sp³-hybridized carbons (Fsp3) is 0.190. The first-order valence-corrected chi connectivity index (χ1v) is 9.90. The van der Waals surface area contributed by atoms with Gasteiger partial charge in [-0.1, -0.05) is 24.3 Å². The van der Waals surface area contributed by atoms with Crippen molar-refractivity contribution in [1.29, 1.82) is 0 Å². The molecule has 144 valence electrons. The van der Waals surface area contributed by atoms with Crippen molar-refractivity contribution in [1.82, 2.24) is 4.98 Å². The predicted molar refractivity (Wildman–Crippen MR) is 110 cm³/mol. The van der Waals surface area contributed by atoms with Gasteiger partial charge in [-0.25, -0.2) is 0 Å². The number of H-pyrrole nitrogens is 1. The maximum absolute atomic E-state index is 12.4. The minimum atomic E-state index is -0.471. The summed E-state index contributed by atoms with van der Waals surface area (Å²) in [5.41, 5.74) is 2.71. The molecule has 0 unspecified atom stereocenters. The van der Waals surface area contributed by atoms with Crippen molar-refractivity contribution in [3.63, 3.8) is 0 Å². The molecule has 1 heterocycles. The van der Waals surface area contributed by atoms with E-state index in [1.54, 1.807) is 24.4 Å². The van der Waals surface area contributed by atoms with Gasteiger partial charge < -0.3 is 15.0 Å². The molecule has 2 aromatic carbocycles. The SMILES string of the molecule is CSc1ccc(C(=O)COC(=O)Cc2c[nH]c3ccccc23)cc1NC(C)=O. The Bertz CT molecular complexity index is 1040. The van der Waals surface area contributed by atoms with Crippen LogP contribution in [0.1, 0.15) is 22.8 Å². The lowest BCUT2D eigenvalue weighted by Crippen LogP contribution is -2.16. The van der Waals surface area contributed by atoms with Gasteiger partial charge in [0.15, 0.2) is 12.4 Å². The van der Waals surface area contributed by atoms with Gasteiger partial charge in [0.2, 0.25) is 5.91 Å². The molecule has 0 fully saturated rings. The van der Waals surface area contributed by atoms with E-state index >= 15 is 0 Å². The van der Waals surface area contributed by atoms with Crippen LogP contribution >= 0.6 is 11.8 Å². The molecule has 0 atom stereocenters. The van der Waals surface area contributed by atoms with E-state index in [1.165, 1.54) is 18.7 Å². The number of nitrogens with one attached hydrogen (secondary N) is 2. The van der Waals surface area contributed by atoms with Crippen LogP contribution < -0.4 is 5.32 Å². The number of para-hydroxylation sites is 1. The quantitative estimate of drug-likeness (QED) is 0.360. The van der Waals surface area contributed by atoms with Crippen LogP contribution in [0.2, 0.25) is 0 Å². The zero-order valence-electron chi connectivity index (χ0n) is 15.6. The zero-order chi connectivity index (χ0) is 20.1. The lowest BCUT2D eigenvalue weighted by molar-refractivity contribution is -0.141. The number of ketones is 1. The molecule has 7 heteroatoms. The van der Waals surface area contributed by atoms with Crippen molar-refractivity contribution in [2.45, 2.75) is 18.2 Å². The normalized spacial score (nSPS) is 10.6. The highest BCUT2D eigenvalue weighted by Gasteiger charge is 2.14. The van der Waals surface area contributed by atoms with Gasteiger partial charge in [-0.3, -0.25) is 14.4 Å². The van der Waals surface area contributed by atoms with Crippen LogP contribution in [0.3, 0.4) is 0 Å². The topological polar surface area (TPSA) is 88.3 Å². The molecule has 0 bridgehead atoms. The van der Waals surface area contributed by atoms with Gasteiger partial charge in [-0.2, -0.15) is 0 Å². The number of benzene rings is 2. The maximum Gasteiger partial charge on any atom is 0.310 e. The molecule has 0 saturated heterocycles. The number of aromatic nitrogens is 1. The van der Waals surface area contributed by atoms with E-state index in [9.17, 15) is 14.4 Å². The number of ether oxygens (including phenoxy) is 1. The van der Waals surface area contributed by atoms with Gasteiger partial charge in [0.1, 0.15) is 0 Å². The maximum atomic E-state index is 12.4. The standard InChI is InChI=1S/C21H20N2O4S/c1-13(24)23-18-9-14(7-8-20(18)28-2)19(25)12-27-21(26)10-15-11-22-17-6-4-3-5-16(15)17/h3-9,11,22H,10,12H2,1-2H3,(H,23,24). The number of hydrogen-bond acceptors (Lipinski definition) is 5. The Morgan fingerprint density at radius 3 is 2.68 bits per heavy atom. The van der Waals surface area contributed by atoms with Crippen molar-refractivity contribution in [2.24, 2.45) is 0 Å². The second kappa shape index (κ2) is 8.75. The van der Waals surface area contributed by atoms with Crippen LogP contribution in [-0.2, 0) is 20.7 Å². The average molecular weight is 396 g/mol. The van der Waals surface area contributed by atoms with Gasteiger partial charge in [-0.05, 0) is 30.0 Å². The highest BCUT2D eigenvalue weighted by atomic mass is 32.2. The number of carbonyl (C=O) groups excluding carboxylic acids is 3. The smallest absolute Gasteiger partial charge is 0.310 e. The van der Waals surface area contributed by atoms with Gasteiger partial charge in [0.25, 0.3) is 0 Å². The van der Waals surface area contributed by atoms with E-state index in [4.69, 9.17) is 4.74 Å². The van der Waals surface area contributed by atoms with E-state index in [1.807, 2.05) is 30.5 Å². The third-order valence-electron chi connectivity index (χ3n) is 4.21. The molecule has 0 saturated carbocycles. The summed E-state index contributed by atoms with van der Waals surface area (Å²) in [6.45, 7) is 1.06. The molecule has 1 aromatic heterocycles. The first-order valence-electron chi connectivity index (χ1n) is 8.67. The molecule has 28 heavy (non-hydrogen) atoms. The second-order valence-corrected chi connectivity index (χ2v) is 7.06. The Labute approximate surface area is 166 Å². The summed E-state index contributed by atoms with van der Waals surface area (Å²) in [5.74, 6) is -1.02. The Kier molecular flexibility index (Phi) is 6.16. The molecule has 0 radical (unpaired) electrons. The number of Topliss-reactive ketones (excluding diaryl/α,β-unsaturated/α-hetero) is 1. The lowest BCUT2D eigenvalue weighted by atomic mass is 10.1. The Balaban J connectivity index is 1.63. The lowest BCUT2D eigenvalue weighted by Gasteiger charge is -2.10. The van der Waals surface area contributed by atoms with E-state index in [-0.39, 0.29) is 24.7 Å². The molecule has 0 spiro atoms. The van der Waals surface area contributed by atoms with E-state index in [2.05, 4.69) is 10.3 Å². The minimum absolute atomic E-state index is 0.0832. The summed E-state index contributed by atoms with van der Waals surface area (Å²) in [6.07, 6.45) is 3.74. The molecule has 0 aliphatic heterocycles. The largest absolute Gasteiger partial charge is 0.457 e. The van der Waals surface area contributed by atoms with Gasteiger partial charge in [0.05, 0.1) is 12.1 Å². The Morgan fingerprint density at radius 2 is 1.93 bits per heavy atom. The number of carbonyl (C=O) groups is 3. The van der Waals surface area contributed by atoms with Gasteiger partial charge >= 0.3 is 5.97 Å². The van der Waals surface area contributed by atoms with E-state index in [0.717, 1.165) is 21.4 Å². The third kappa shape index (κ3) is 4.61. The molecule has 0 aliphatic carbocycles. The van der Waals surface area contributed by atoms with Crippen LogP contribution in [0.5, 0.6) is 0 Å². The summed E-state index contributed by atoms with van der Waals surface area (Å²) < 4.78 is 5.16. The fourth-order valence-electron chi connectivity index (χ4n) is 2.88. The summed E-state index contributed by atoms with van der Waals surface area (Å²) in [5, 5.41) is 3.66. The van der Waals surface area contributed by atoms with Crippen molar-refractivity contribution >= 4 is 46.0 Å². The first-order chi connectivity index (χ1) is 13.5. The monoisotopic (exact) mass is 396 g/mol. The van der Waals surface area contributed by atoms with Gasteiger partial charge in [-0.15, -0.1) is 11.8 Å². The summed E-state index contributed by atoms with van der Waals surface area (Å²) in [7, 11) is 0. The molecule has 3 rings (SSSR count). The van der Waals surface area contributed by atoms with Crippen LogP contribution in [0.4, 0.5) is 5.69 Å². The summed E-state index contributed by atoms with van der Waals surface area (Å²) >= 11 is 1.46. The number of hydrogen-bond donors (Lipinski definition) is 2. The van der Waals surface area contributed by atoms with Crippen molar-refractivity contribution < 1.29 is 19.1 Å². The Hall–Kier alpha value is -3.06. The molecule has 6 nitrogen and oxygen atoms in total. The highest BCUT2D eigenvalue weighted by molar-refractivity contribution is 7.98. The van der Waals surface area contributed by atoms with Crippen molar-refractivity contribution in [2.75, 3.05) is 18.2 Å². The molecular formula is C21H20N2O4S. The number of thioether (sulfide) groups is 1. The average Bonchev–Trinajstić information content (AvgIpc) is 3.08. The number of anilines is 1. The van der Waals surface area contributed by atoms with Crippen LogP contribution in [-0.4, -0.2) is 35.5 Å². The minimum Gasteiger partial charge on any atom is -0.457 e. The number of fused-ring (bicyclic) bond motifs is 1. The predicted octanol–water partition coefficient (Wildman–Crippen LogP) is 3.82. The highest BCUT2D eigenvalue weighted by Crippen LogP contribution is 2.27. The van der Waals surface area contributed by atoms with Gasteiger partial charge in [0, 0.05) is 34.5 Å². The summed E-state index contributed by atoms with van der Waals surface area (Å²) in [6, 6.07) is 12.7. The number of esters is 1. The van der Waals surface area contributed by atoms with Crippen LogP contribution in [0.25, 0.3) is 10.9 Å². The molecule has 2 N–H and O–H groups in total. The van der Waals surface area contributed by atoms with E-state index in [0.29, 0.717) is 11.3 Å². The molecule has 3 aromatic rings. The summed E-state index contributed by atoms with van der Waals surface area (Å²) in [4.78, 5) is 39.9. The number of rotatable bonds is 7. The number of aromatic amines is 1.